The Bertz CT molecular complexity index is 824. The summed E-state index contributed by atoms with van der Waals surface area (Å²) in [6, 6.07) is 11.1. The van der Waals surface area contributed by atoms with Crippen molar-refractivity contribution in [2.24, 2.45) is 0 Å². The molecule has 0 spiro atoms. The Morgan fingerprint density at radius 3 is 2.38 bits per heavy atom. The van der Waals surface area contributed by atoms with Crippen LogP contribution in [0.5, 0.6) is 0 Å². The van der Waals surface area contributed by atoms with Gasteiger partial charge in [0.1, 0.15) is 0 Å². The first-order valence-electron chi connectivity index (χ1n) is 10.9. The van der Waals surface area contributed by atoms with Gasteiger partial charge in [-0.3, -0.25) is 4.79 Å². The normalized spacial score (nSPS) is 12.0. The molecule has 0 saturated carbocycles. The number of aliphatic hydroxyl groups is 1. The van der Waals surface area contributed by atoms with Gasteiger partial charge in [0.2, 0.25) is 5.91 Å². The molecule has 0 radical (unpaired) electrons. The van der Waals surface area contributed by atoms with Gasteiger partial charge in [-0.25, -0.2) is 0 Å². The van der Waals surface area contributed by atoms with E-state index in [1.807, 2.05) is 24.3 Å². The minimum Gasteiger partial charge on any atom is -0.396 e. The van der Waals surface area contributed by atoms with Gasteiger partial charge >= 0.3 is 0 Å². The van der Waals surface area contributed by atoms with Gasteiger partial charge in [-0.1, -0.05) is 48.2 Å². The highest BCUT2D eigenvalue weighted by atomic mass is 35.5. The molecule has 0 heterocycles. The Labute approximate surface area is 200 Å². The van der Waals surface area contributed by atoms with Crippen LogP contribution in [-0.2, 0) is 16.0 Å². The van der Waals surface area contributed by atoms with E-state index in [0.29, 0.717) is 34.4 Å². The van der Waals surface area contributed by atoms with Crippen molar-refractivity contribution < 1.29 is 14.6 Å². The molecule has 2 rings (SSSR count). The maximum atomic E-state index is 11.0. The van der Waals surface area contributed by atoms with Crippen molar-refractivity contribution in [3.8, 4) is 0 Å². The van der Waals surface area contributed by atoms with Crippen LogP contribution in [0.4, 0.5) is 11.4 Å². The van der Waals surface area contributed by atoms with E-state index in [0.717, 1.165) is 50.9 Å². The van der Waals surface area contributed by atoms with Crippen LogP contribution in [0.2, 0.25) is 10.0 Å². The molecule has 2 aromatic rings. The number of amides is 1. The summed E-state index contributed by atoms with van der Waals surface area (Å²) < 4.78 is 5.72. The lowest BCUT2D eigenvalue weighted by atomic mass is 10.1. The molecule has 0 aliphatic heterocycles. The van der Waals surface area contributed by atoms with Crippen molar-refractivity contribution in [2.45, 2.75) is 45.1 Å². The number of unbranched alkanes of at least 4 members (excludes halogenated alkanes) is 3. The topological polar surface area (TPSA) is 96.6 Å². The summed E-state index contributed by atoms with van der Waals surface area (Å²) in [5.74, 6) is -0.0663. The second kappa shape index (κ2) is 14.3. The molecule has 0 aliphatic carbocycles. The number of ether oxygens (including phenoxy) is 1. The van der Waals surface area contributed by atoms with Crippen LogP contribution >= 0.6 is 23.2 Å². The Hall–Kier alpha value is -1.83. The van der Waals surface area contributed by atoms with E-state index < -0.39 is 6.10 Å². The van der Waals surface area contributed by atoms with Gasteiger partial charge in [-0.2, -0.15) is 0 Å². The molecule has 1 amide bonds. The predicted octanol–water partition coefficient (Wildman–Crippen LogP) is 4.98. The van der Waals surface area contributed by atoms with Crippen molar-refractivity contribution in [3.63, 3.8) is 0 Å². The highest BCUT2D eigenvalue weighted by Gasteiger charge is 2.11. The number of carbonyl (C=O) groups excluding carboxylic acids is 1. The van der Waals surface area contributed by atoms with Crippen LogP contribution in [0.15, 0.2) is 36.4 Å². The molecule has 0 aliphatic rings. The highest BCUT2D eigenvalue weighted by molar-refractivity contribution is 6.38. The number of halogens is 2. The number of hydrogen-bond acceptors (Lipinski definition) is 5. The molecular formula is C24H33Cl2N3O3. The van der Waals surface area contributed by atoms with Crippen molar-refractivity contribution in [3.05, 3.63) is 57.6 Å². The summed E-state index contributed by atoms with van der Waals surface area (Å²) in [4.78, 5) is 11.0. The van der Waals surface area contributed by atoms with Gasteiger partial charge in [0.15, 0.2) is 0 Å². The van der Waals surface area contributed by atoms with Crippen LogP contribution in [0.3, 0.4) is 0 Å². The lowest BCUT2D eigenvalue weighted by Crippen LogP contribution is -2.22. The molecule has 0 saturated heterocycles. The third kappa shape index (κ3) is 9.76. The molecule has 5 N–H and O–H groups in total. The second-order valence-electron chi connectivity index (χ2n) is 7.77. The van der Waals surface area contributed by atoms with Crippen molar-refractivity contribution >= 4 is 40.5 Å². The van der Waals surface area contributed by atoms with Gasteiger partial charge in [-0.15, -0.1) is 0 Å². The smallest absolute Gasteiger partial charge is 0.221 e. The largest absolute Gasteiger partial charge is 0.396 e. The highest BCUT2D eigenvalue weighted by Crippen LogP contribution is 2.31. The van der Waals surface area contributed by atoms with Crippen LogP contribution in [-0.4, -0.2) is 37.3 Å². The molecule has 32 heavy (non-hydrogen) atoms. The molecule has 176 valence electrons. The van der Waals surface area contributed by atoms with Gasteiger partial charge in [-0.05, 0) is 61.2 Å². The van der Waals surface area contributed by atoms with E-state index in [1.165, 1.54) is 12.5 Å². The first-order valence-corrected chi connectivity index (χ1v) is 11.7. The van der Waals surface area contributed by atoms with Crippen LogP contribution in [0.25, 0.3) is 0 Å². The van der Waals surface area contributed by atoms with E-state index in [1.54, 1.807) is 12.1 Å². The molecule has 1 atom stereocenters. The third-order valence-corrected chi connectivity index (χ3v) is 5.65. The zero-order chi connectivity index (χ0) is 23.3. The summed E-state index contributed by atoms with van der Waals surface area (Å²) in [7, 11) is 0. The molecule has 0 aromatic heterocycles. The van der Waals surface area contributed by atoms with Crippen molar-refractivity contribution in [1.82, 2.24) is 5.32 Å². The summed E-state index contributed by atoms with van der Waals surface area (Å²) in [5.41, 5.74) is 8.71. The molecule has 2 aromatic carbocycles. The first kappa shape index (κ1) is 26.4. The fraction of sp³-hybridized carbons (Fsp3) is 0.458. The average Bonchev–Trinajstić information content (AvgIpc) is 2.76. The summed E-state index contributed by atoms with van der Waals surface area (Å²) in [6.45, 7) is 4.22. The summed E-state index contributed by atoms with van der Waals surface area (Å²) in [5, 5.41) is 17.0. The van der Waals surface area contributed by atoms with Gasteiger partial charge in [0, 0.05) is 25.8 Å². The van der Waals surface area contributed by atoms with E-state index in [-0.39, 0.29) is 5.91 Å². The second-order valence-corrected chi connectivity index (χ2v) is 8.59. The molecule has 0 bridgehead atoms. The third-order valence-electron chi connectivity index (χ3n) is 5.03. The quantitative estimate of drug-likeness (QED) is 0.225. The van der Waals surface area contributed by atoms with Gasteiger partial charge < -0.3 is 26.2 Å². The number of rotatable bonds is 14. The maximum Gasteiger partial charge on any atom is 0.221 e. The molecular weight excluding hydrogens is 449 g/mol. The number of carbonyl (C=O) groups is 1. The molecule has 6 nitrogen and oxygen atoms in total. The fourth-order valence-electron chi connectivity index (χ4n) is 3.21. The lowest BCUT2D eigenvalue weighted by Gasteiger charge is -2.14. The Kier molecular flexibility index (Phi) is 11.8. The Balaban J connectivity index is 1.46. The monoisotopic (exact) mass is 481 g/mol. The summed E-state index contributed by atoms with van der Waals surface area (Å²) >= 11 is 12.0. The summed E-state index contributed by atoms with van der Waals surface area (Å²) in [6.07, 6.45) is 4.47. The molecule has 1 unspecified atom stereocenters. The van der Waals surface area contributed by atoms with E-state index >= 15 is 0 Å². The van der Waals surface area contributed by atoms with E-state index in [4.69, 9.17) is 33.7 Å². The van der Waals surface area contributed by atoms with Crippen LogP contribution < -0.4 is 16.4 Å². The lowest BCUT2D eigenvalue weighted by molar-refractivity contribution is -0.114. The molecule has 8 heteroatoms. The molecule has 0 fully saturated rings. The number of benzene rings is 2. The fourth-order valence-corrected chi connectivity index (χ4v) is 3.71. The number of nitrogens with one attached hydrogen (secondary N) is 2. The van der Waals surface area contributed by atoms with Crippen molar-refractivity contribution in [1.29, 1.82) is 0 Å². The number of nitrogens with two attached hydrogens (primary N) is 1. The van der Waals surface area contributed by atoms with E-state index in [2.05, 4.69) is 10.6 Å². The van der Waals surface area contributed by atoms with Crippen LogP contribution in [0, 0.1) is 0 Å². The van der Waals surface area contributed by atoms with Crippen LogP contribution in [0.1, 0.15) is 49.8 Å². The number of nitrogen functional groups attached to an aromatic ring is 1. The van der Waals surface area contributed by atoms with Gasteiger partial charge in [0.25, 0.3) is 0 Å². The maximum absolute atomic E-state index is 11.0. The zero-order valence-corrected chi connectivity index (χ0v) is 20.0. The van der Waals surface area contributed by atoms with Gasteiger partial charge in [0.05, 0.1) is 28.4 Å². The first-order chi connectivity index (χ1) is 15.4. The number of anilines is 2. The van der Waals surface area contributed by atoms with E-state index in [9.17, 15) is 9.90 Å². The minimum atomic E-state index is -0.680. The number of hydrogen-bond donors (Lipinski definition) is 4. The number of aliphatic hydroxyl groups excluding tert-OH is 1. The predicted molar refractivity (Wildman–Crippen MR) is 132 cm³/mol. The standard InChI is InChI=1S/C24H33Cl2N3O3/c1-17(30)29-20-8-6-18(7-9-20)10-13-32-12-5-3-2-4-11-28-16-23(31)19-14-21(25)24(27)22(26)15-19/h6-9,14-15,23,28,31H,2-5,10-13,16,27H2,1H3,(H,29,30). The average molecular weight is 482 g/mol. The Morgan fingerprint density at radius 1 is 1.06 bits per heavy atom. The Morgan fingerprint density at radius 2 is 1.72 bits per heavy atom. The SMILES string of the molecule is CC(=O)Nc1ccc(CCOCCCCCCNCC(O)c2cc(Cl)c(N)c(Cl)c2)cc1. The van der Waals surface area contributed by atoms with Crippen molar-refractivity contribution in [2.75, 3.05) is 37.4 Å². The zero-order valence-electron chi connectivity index (χ0n) is 18.5. The minimum absolute atomic E-state index is 0.0663.